The van der Waals surface area contributed by atoms with Crippen LogP contribution in [0.4, 0.5) is 5.69 Å². The van der Waals surface area contributed by atoms with Gasteiger partial charge in [-0.2, -0.15) is 0 Å². The Morgan fingerprint density at radius 2 is 1.01 bits per heavy atom. The molecule has 364 valence electrons. The molecule has 6 nitrogen and oxygen atoms in total. The third-order valence-corrected chi connectivity index (χ3v) is 14.9. The van der Waals surface area contributed by atoms with E-state index in [4.69, 9.17) is 19.2 Å². The highest BCUT2D eigenvalue weighted by atomic mass is 32.1. The first-order valence-electron chi connectivity index (χ1n) is 25.3. The van der Waals surface area contributed by atoms with Gasteiger partial charge in [0.2, 0.25) is 6.79 Å². The van der Waals surface area contributed by atoms with Gasteiger partial charge in [-0.05, 0) is 144 Å². The molecule has 4 heterocycles. The summed E-state index contributed by atoms with van der Waals surface area (Å²) in [6.45, 7) is 35.6. The van der Waals surface area contributed by atoms with Crippen LogP contribution in [0.2, 0.25) is 0 Å². The van der Waals surface area contributed by atoms with Gasteiger partial charge in [0, 0.05) is 34.1 Å². The van der Waals surface area contributed by atoms with Crippen molar-refractivity contribution in [1.82, 2.24) is 9.97 Å². The van der Waals surface area contributed by atoms with Crippen LogP contribution < -0.4 is 19.1 Å². The number of ether oxygens (including phenoxy) is 3. The molecule has 0 radical (unpaired) electrons. The van der Waals surface area contributed by atoms with Crippen LogP contribution in [-0.4, -0.2) is 37.0 Å². The lowest BCUT2D eigenvalue weighted by molar-refractivity contribution is 0.174. The first-order valence-corrected chi connectivity index (χ1v) is 26.1. The second kappa shape index (κ2) is 21.1. The van der Waals surface area contributed by atoms with E-state index in [-0.39, 0.29) is 21.7 Å². The van der Waals surface area contributed by atoms with Crippen molar-refractivity contribution in [2.24, 2.45) is 0 Å². The van der Waals surface area contributed by atoms with Gasteiger partial charge in [-0.25, -0.2) is 4.98 Å². The zero-order valence-electron chi connectivity index (χ0n) is 44.5. The first-order chi connectivity index (χ1) is 31.3. The number of nitrogens with zero attached hydrogens (tertiary/aromatic N) is 3. The Labute approximate surface area is 410 Å². The highest BCUT2D eigenvalue weighted by Crippen LogP contribution is 2.38. The van der Waals surface area contributed by atoms with Crippen LogP contribution in [0.3, 0.4) is 0 Å². The van der Waals surface area contributed by atoms with Gasteiger partial charge in [0.05, 0.1) is 22.9 Å². The molecule has 5 aliphatic rings. The second-order valence-electron chi connectivity index (χ2n) is 24.4. The third-order valence-electron chi connectivity index (χ3n) is 13.3. The summed E-state index contributed by atoms with van der Waals surface area (Å²) in [6, 6.07) is 24.1. The molecule has 3 aromatic carbocycles. The van der Waals surface area contributed by atoms with Crippen molar-refractivity contribution in [3.05, 3.63) is 127 Å². The van der Waals surface area contributed by atoms with E-state index in [0.29, 0.717) is 12.2 Å². The molecular formula is C60H85N3O3S. The fraction of sp³-hybridized carbons (Fsp3) is 0.567. The van der Waals surface area contributed by atoms with E-state index >= 15 is 0 Å². The Balaban J connectivity index is 0.000000138. The van der Waals surface area contributed by atoms with Crippen LogP contribution in [-0.2, 0) is 65.6 Å². The maximum atomic E-state index is 5.62. The fourth-order valence-electron chi connectivity index (χ4n) is 8.73. The predicted molar refractivity (Wildman–Crippen MR) is 285 cm³/mol. The van der Waals surface area contributed by atoms with Crippen molar-refractivity contribution in [3.63, 3.8) is 0 Å². The van der Waals surface area contributed by atoms with Crippen LogP contribution in [0.5, 0.6) is 17.2 Å². The lowest BCUT2D eigenvalue weighted by atomic mass is 9.85. The molecule has 0 amide bonds. The summed E-state index contributed by atoms with van der Waals surface area (Å²) in [5.41, 5.74) is 15.0. The number of thiazole rings is 1. The zero-order valence-corrected chi connectivity index (χ0v) is 45.3. The molecule has 0 fully saturated rings. The van der Waals surface area contributed by atoms with Gasteiger partial charge in [0.15, 0.2) is 11.5 Å². The summed E-state index contributed by atoms with van der Waals surface area (Å²) in [6.07, 6.45) is 12.8. The number of pyridine rings is 1. The number of fused-ring (bicyclic) bond motifs is 5. The largest absolute Gasteiger partial charge is 0.490 e. The maximum Gasteiger partial charge on any atom is 0.231 e. The van der Waals surface area contributed by atoms with Gasteiger partial charge in [-0.1, -0.05) is 140 Å². The van der Waals surface area contributed by atoms with Crippen LogP contribution in [0.25, 0.3) is 0 Å². The molecule has 10 rings (SSSR count). The van der Waals surface area contributed by atoms with E-state index < -0.39 is 0 Å². The molecule has 67 heavy (non-hydrogen) atoms. The molecule has 2 aliphatic heterocycles. The molecule has 7 heteroatoms. The molecular weight excluding hydrogens is 843 g/mol. The molecule has 0 saturated heterocycles. The average molecular weight is 928 g/mol. The number of rotatable bonds is 0. The molecule has 0 bridgehead atoms. The summed E-state index contributed by atoms with van der Waals surface area (Å²) in [4.78, 5) is 13.3. The average Bonchev–Trinajstić information content (AvgIpc) is 4.08. The van der Waals surface area contributed by atoms with Gasteiger partial charge in [-0.15, -0.1) is 11.3 Å². The third kappa shape index (κ3) is 14.1. The van der Waals surface area contributed by atoms with E-state index in [1.807, 2.05) is 17.4 Å². The predicted octanol–water partition coefficient (Wildman–Crippen LogP) is 15.2. The number of benzene rings is 3. The van der Waals surface area contributed by atoms with Crippen molar-refractivity contribution in [3.8, 4) is 17.2 Å². The van der Waals surface area contributed by atoms with Gasteiger partial charge in [-0.3, -0.25) is 4.98 Å². The van der Waals surface area contributed by atoms with Gasteiger partial charge >= 0.3 is 0 Å². The number of anilines is 1. The molecule has 3 aliphatic carbocycles. The minimum Gasteiger partial charge on any atom is -0.490 e. The highest BCUT2D eigenvalue weighted by Gasteiger charge is 2.25. The molecule has 0 spiro atoms. The first kappa shape index (κ1) is 52.0. The molecule has 0 unspecified atom stereocenters. The lowest BCUT2D eigenvalue weighted by Gasteiger charge is -2.30. The van der Waals surface area contributed by atoms with Gasteiger partial charge in [0.1, 0.15) is 12.4 Å². The molecule has 0 saturated carbocycles. The molecule has 2 aromatic heterocycles. The maximum absolute atomic E-state index is 5.62. The standard InChI is InChI=1S/C13H19NO.C13H19N.C13H18.C11H14O2.C10H15NS/c1-13(2,3)10-5-6-12-11(9-10)14(4)7-8-15-12;1-13(2,3)12-9-8-10-6-4-5-7-11(10)14-12;1-13(2,3)12-8-7-10-5-4-6-11(10)9-12;1-11(2,3)8-4-5-9-10(6-8)13-7-12-9;1-10(2,3)9-11-7-5-4-6-8(7)12-9/h5-6,9H,7-8H2,1-4H3;8-9H,4-7H2,1-3H3;7-9H,4-6H2,1-3H3;4-6H,7H2,1-3H3;4-6H2,1-3H3. The SMILES string of the molecule is CC(C)(C)c1ccc2c(c1)CCC2.CC(C)(C)c1ccc2c(c1)OCO2.CC(C)(C)c1ccc2c(n1)CCCC2.CC(C)(C)c1nc2c(s1)CCC2.CN1CCOc2ccc(C(C)(C)C)cc21. The van der Waals surface area contributed by atoms with Crippen LogP contribution in [0.1, 0.15) is 190 Å². The van der Waals surface area contributed by atoms with Crippen molar-refractivity contribution < 1.29 is 14.2 Å². The molecule has 0 N–H and O–H groups in total. The number of hydrogen-bond donors (Lipinski definition) is 0. The highest BCUT2D eigenvalue weighted by molar-refractivity contribution is 7.12. The number of hydrogen-bond acceptors (Lipinski definition) is 7. The van der Waals surface area contributed by atoms with Crippen LogP contribution in [0, 0.1) is 0 Å². The Bertz CT molecular complexity index is 2340. The summed E-state index contributed by atoms with van der Waals surface area (Å²) in [5, 5.41) is 1.31. The van der Waals surface area contributed by atoms with Crippen molar-refractivity contribution in [2.45, 2.75) is 195 Å². The topological polar surface area (TPSA) is 56.7 Å². The van der Waals surface area contributed by atoms with Crippen molar-refractivity contribution >= 4 is 17.0 Å². The summed E-state index contributed by atoms with van der Waals surface area (Å²) in [7, 11) is 2.12. The van der Waals surface area contributed by atoms with E-state index in [2.05, 4.69) is 181 Å². The lowest BCUT2D eigenvalue weighted by Crippen LogP contribution is -2.29. The zero-order chi connectivity index (χ0) is 49.0. The van der Waals surface area contributed by atoms with E-state index in [9.17, 15) is 0 Å². The Morgan fingerprint density at radius 1 is 0.463 bits per heavy atom. The van der Waals surface area contributed by atoms with E-state index in [1.165, 1.54) is 114 Å². The number of aryl methyl sites for hydroxylation is 6. The smallest absolute Gasteiger partial charge is 0.231 e. The van der Waals surface area contributed by atoms with E-state index in [1.54, 1.807) is 16.0 Å². The second-order valence-corrected chi connectivity index (χ2v) is 25.4. The summed E-state index contributed by atoms with van der Waals surface area (Å²) < 4.78 is 16.2. The number of likely N-dealkylation sites (N-methyl/N-ethyl adjacent to an activating group) is 1. The number of aromatic nitrogens is 2. The van der Waals surface area contributed by atoms with Crippen LogP contribution >= 0.6 is 11.3 Å². The summed E-state index contributed by atoms with van der Waals surface area (Å²) >= 11 is 1.92. The molecule has 0 atom stereocenters. The monoisotopic (exact) mass is 928 g/mol. The van der Waals surface area contributed by atoms with Gasteiger partial charge in [0.25, 0.3) is 0 Å². The quantitative estimate of drug-likeness (QED) is 0.154. The van der Waals surface area contributed by atoms with E-state index in [0.717, 1.165) is 30.4 Å². The van der Waals surface area contributed by atoms with Crippen molar-refractivity contribution in [2.75, 3.05) is 31.9 Å². The minimum absolute atomic E-state index is 0.168. The van der Waals surface area contributed by atoms with Crippen molar-refractivity contribution in [1.29, 1.82) is 0 Å². The Hall–Kier alpha value is -4.36. The normalized spacial score (nSPS) is 15.9. The Kier molecular flexibility index (Phi) is 16.4. The minimum atomic E-state index is 0.168. The fourth-order valence-corrected chi connectivity index (χ4v) is 9.94. The summed E-state index contributed by atoms with van der Waals surface area (Å²) in [5.74, 6) is 2.73. The van der Waals surface area contributed by atoms with Gasteiger partial charge < -0.3 is 19.1 Å². The van der Waals surface area contributed by atoms with Crippen LogP contribution in [0.15, 0.2) is 66.7 Å². The molecule has 5 aromatic rings. The Morgan fingerprint density at radius 3 is 1.67 bits per heavy atom.